The van der Waals surface area contributed by atoms with Gasteiger partial charge in [-0.15, -0.1) is 0 Å². The minimum absolute atomic E-state index is 0.233. The van der Waals surface area contributed by atoms with Crippen molar-refractivity contribution in [1.29, 1.82) is 0 Å². The van der Waals surface area contributed by atoms with Crippen LogP contribution in [0, 0.1) is 0 Å². The normalized spacial score (nSPS) is 11.5. The zero-order valence-electron chi connectivity index (χ0n) is 14.9. The number of hydrogen-bond acceptors (Lipinski definition) is 3. The van der Waals surface area contributed by atoms with E-state index in [0.29, 0.717) is 23.1 Å². The van der Waals surface area contributed by atoms with Crippen molar-refractivity contribution in [1.82, 2.24) is 0 Å². The third-order valence-corrected chi connectivity index (χ3v) is 4.12. The maximum atomic E-state index is 12.3. The number of amides is 1. The molecule has 0 saturated heterocycles. The molecule has 138 valence electrons. The van der Waals surface area contributed by atoms with Crippen LogP contribution in [0.25, 0.3) is 0 Å². The van der Waals surface area contributed by atoms with Crippen LogP contribution in [0.5, 0.6) is 11.5 Å². The Labute approximate surface area is 163 Å². The lowest BCUT2D eigenvalue weighted by molar-refractivity contribution is -0.122. The van der Waals surface area contributed by atoms with Crippen molar-refractivity contribution in [3.8, 4) is 11.5 Å². The second-order valence-electron chi connectivity index (χ2n) is 6.00. The van der Waals surface area contributed by atoms with Crippen LogP contribution in [0.2, 0.25) is 5.02 Å². The Bertz CT molecular complexity index is 864. The zero-order valence-corrected chi connectivity index (χ0v) is 15.6. The lowest BCUT2D eigenvalue weighted by atomic mass is 10.2. The van der Waals surface area contributed by atoms with E-state index in [-0.39, 0.29) is 5.91 Å². The molecule has 3 rings (SSSR count). The molecule has 0 aliphatic heterocycles. The van der Waals surface area contributed by atoms with Crippen LogP contribution in [0.1, 0.15) is 12.5 Å². The van der Waals surface area contributed by atoms with Gasteiger partial charge in [0.1, 0.15) is 18.1 Å². The number of nitrogens with one attached hydrogen (secondary N) is 1. The third kappa shape index (κ3) is 5.76. The number of benzene rings is 3. The van der Waals surface area contributed by atoms with Crippen LogP contribution >= 0.6 is 11.6 Å². The maximum Gasteiger partial charge on any atom is 0.265 e. The lowest BCUT2D eigenvalue weighted by Gasteiger charge is -2.15. The van der Waals surface area contributed by atoms with E-state index in [1.807, 2.05) is 42.5 Å². The van der Waals surface area contributed by atoms with Gasteiger partial charge in [-0.25, -0.2) is 0 Å². The minimum atomic E-state index is -0.639. The Morgan fingerprint density at radius 3 is 2.22 bits per heavy atom. The van der Waals surface area contributed by atoms with Crippen LogP contribution in [-0.4, -0.2) is 12.0 Å². The summed E-state index contributed by atoms with van der Waals surface area (Å²) in [4.78, 5) is 12.3. The summed E-state index contributed by atoms with van der Waals surface area (Å²) in [7, 11) is 0. The topological polar surface area (TPSA) is 47.6 Å². The first-order valence-electron chi connectivity index (χ1n) is 8.60. The monoisotopic (exact) mass is 381 g/mol. The SMILES string of the molecule is CC(Oc1ccc(Cl)cc1)C(=O)Nc1ccc(OCc2ccccc2)cc1. The highest BCUT2D eigenvalue weighted by Crippen LogP contribution is 2.19. The predicted molar refractivity (Wildman–Crippen MR) is 107 cm³/mol. The summed E-state index contributed by atoms with van der Waals surface area (Å²) in [5.74, 6) is 1.09. The largest absolute Gasteiger partial charge is 0.489 e. The molecule has 0 radical (unpaired) electrons. The number of halogens is 1. The zero-order chi connectivity index (χ0) is 19.1. The summed E-state index contributed by atoms with van der Waals surface area (Å²) >= 11 is 5.84. The summed E-state index contributed by atoms with van der Waals surface area (Å²) < 4.78 is 11.4. The molecule has 0 aromatic heterocycles. The Morgan fingerprint density at radius 2 is 1.56 bits per heavy atom. The van der Waals surface area contributed by atoms with E-state index >= 15 is 0 Å². The standard InChI is InChI=1S/C22H20ClNO3/c1-16(27-21-11-7-18(23)8-12-21)22(25)24-19-9-13-20(14-10-19)26-15-17-5-3-2-4-6-17/h2-14,16H,15H2,1H3,(H,24,25). The molecule has 3 aromatic carbocycles. The molecule has 5 heteroatoms. The molecule has 1 N–H and O–H groups in total. The minimum Gasteiger partial charge on any atom is -0.489 e. The molecular formula is C22H20ClNO3. The van der Waals surface area contributed by atoms with Crippen molar-refractivity contribution in [2.24, 2.45) is 0 Å². The number of ether oxygens (including phenoxy) is 2. The average molecular weight is 382 g/mol. The fraction of sp³-hybridized carbons (Fsp3) is 0.136. The van der Waals surface area contributed by atoms with Gasteiger partial charge in [0.05, 0.1) is 0 Å². The summed E-state index contributed by atoms with van der Waals surface area (Å²) in [6.07, 6.45) is -0.639. The van der Waals surface area contributed by atoms with Crippen molar-refractivity contribution in [3.05, 3.63) is 89.4 Å². The summed E-state index contributed by atoms with van der Waals surface area (Å²) in [6.45, 7) is 2.19. The number of rotatable bonds is 7. The highest BCUT2D eigenvalue weighted by molar-refractivity contribution is 6.30. The van der Waals surface area contributed by atoms with Crippen molar-refractivity contribution < 1.29 is 14.3 Å². The summed E-state index contributed by atoms with van der Waals surface area (Å²) in [5, 5.41) is 3.45. The Hall–Kier alpha value is -2.98. The number of carbonyl (C=O) groups excluding carboxylic acids is 1. The quantitative estimate of drug-likeness (QED) is 0.602. The Kier molecular flexibility index (Phi) is 6.34. The van der Waals surface area contributed by atoms with E-state index in [1.54, 1.807) is 43.3 Å². The molecule has 0 aliphatic rings. The number of anilines is 1. The fourth-order valence-corrected chi connectivity index (χ4v) is 2.52. The number of hydrogen-bond donors (Lipinski definition) is 1. The molecule has 3 aromatic rings. The van der Waals surface area contributed by atoms with Crippen LogP contribution in [-0.2, 0) is 11.4 Å². The van der Waals surface area contributed by atoms with Gasteiger partial charge in [0, 0.05) is 10.7 Å². The smallest absolute Gasteiger partial charge is 0.265 e. The van der Waals surface area contributed by atoms with E-state index in [4.69, 9.17) is 21.1 Å². The van der Waals surface area contributed by atoms with Gasteiger partial charge in [-0.05, 0) is 61.0 Å². The van der Waals surface area contributed by atoms with E-state index in [1.165, 1.54) is 0 Å². The molecule has 1 unspecified atom stereocenters. The number of carbonyl (C=O) groups is 1. The molecule has 0 bridgehead atoms. The molecule has 0 spiro atoms. The van der Waals surface area contributed by atoms with E-state index in [0.717, 1.165) is 11.3 Å². The molecule has 1 amide bonds. The van der Waals surface area contributed by atoms with Gasteiger partial charge in [0.2, 0.25) is 0 Å². The fourth-order valence-electron chi connectivity index (χ4n) is 2.39. The first kappa shape index (κ1) is 18.8. The van der Waals surface area contributed by atoms with E-state index in [2.05, 4.69) is 5.32 Å². The van der Waals surface area contributed by atoms with Crippen LogP contribution in [0.3, 0.4) is 0 Å². The maximum absolute atomic E-state index is 12.3. The first-order valence-corrected chi connectivity index (χ1v) is 8.98. The van der Waals surface area contributed by atoms with Gasteiger partial charge in [-0.2, -0.15) is 0 Å². The third-order valence-electron chi connectivity index (χ3n) is 3.87. The van der Waals surface area contributed by atoms with Crippen LogP contribution in [0.15, 0.2) is 78.9 Å². The van der Waals surface area contributed by atoms with Crippen molar-refractivity contribution in [2.75, 3.05) is 5.32 Å². The van der Waals surface area contributed by atoms with Gasteiger partial charge >= 0.3 is 0 Å². The summed E-state index contributed by atoms with van der Waals surface area (Å²) in [5.41, 5.74) is 1.78. The molecule has 0 saturated carbocycles. The van der Waals surface area contributed by atoms with Crippen LogP contribution in [0.4, 0.5) is 5.69 Å². The second-order valence-corrected chi connectivity index (χ2v) is 6.44. The van der Waals surface area contributed by atoms with Crippen molar-refractivity contribution in [3.63, 3.8) is 0 Å². The van der Waals surface area contributed by atoms with Gasteiger partial charge in [0.15, 0.2) is 6.10 Å². The van der Waals surface area contributed by atoms with E-state index < -0.39 is 6.10 Å². The molecule has 1 atom stereocenters. The highest BCUT2D eigenvalue weighted by atomic mass is 35.5. The molecule has 0 heterocycles. The van der Waals surface area contributed by atoms with Crippen LogP contribution < -0.4 is 14.8 Å². The molecule has 4 nitrogen and oxygen atoms in total. The predicted octanol–water partition coefficient (Wildman–Crippen LogP) is 5.33. The highest BCUT2D eigenvalue weighted by Gasteiger charge is 2.15. The molecule has 27 heavy (non-hydrogen) atoms. The van der Waals surface area contributed by atoms with Gasteiger partial charge in [0.25, 0.3) is 5.91 Å². The second kappa shape index (κ2) is 9.10. The molecule has 0 aliphatic carbocycles. The van der Waals surface area contributed by atoms with Gasteiger partial charge in [-0.3, -0.25) is 4.79 Å². The first-order chi connectivity index (χ1) is 13.1. The average Bonchev–Trinajstić information content (AvgIpc) is 2.70. The van der Waals surface area contributed by atoms with E-state index in [9.17, 15) is 4.79 Å². The lowest BCUT2D eigenvalue weighted by Crippen LogP contribution is -2.30. The Balaban J connectivity index is 1.51. The Morgan fingerprint density at radius 1 is 0.926 bits per heavy atom. The van der Waals surface area contributed by atoms with Crippen molar-refractivity contribution in [2.45, 2.75) is 19.6 Å². The molecular weight excluding hydrogens is 362 g/mol. The van der Waals surface area contributed by atoms with Gasteiger partial charge < -0.3 is 14.8 Å². The summed E-state index contributed by atoms with van der Waals surface area (Å²) in [6, 6.07) is 24.1. The van der Waals surface area contributed by atoms with Crippen molar-refractivity contribution >= 4 is 23.2 Å². The molecule has 0 fully saturated rings. The van der Waals surface area contributed by atoms with Gasteiger partial charge in [-0.1, -0.05) is 41.9 Å².